The molecule has 1 aromatic carbocycles. The maximum atomic E-state index is 12.8. The second-order valence-electron chi connectivity index (χ2n) is 5.60. The average Bonchev–Trinajstić information content (AvgIpc) is 3.20. The molecule has 0 radical (unpaired) electrons. The molecule has 1 amide bonds. The lowest BCUT2D eigenvalue weighted by Gasteiger charge is -2.06. The average molecular weight is 350 g/mol. The van der Waals surface area contributed by atoms with Crippen LogP contribution in [0.15, 0.2) is 47.1 Å². The number of nitrogens with zero attached hydrogens (tertiary/aromatic N) is 3. The Morgan fingerprint density at radius 3 is 2.72 bits per heavy atom. The van der Waals surface area contributed by atoms with Gasteiger partial charge in [-0.15, -0.1) is 11.3 Å². The summed E-state index contributed by atoms with van der Waals surface area (Å²) in [5.74, 6) is -0.259. The molecule has 4 aromatic rings. The van der Waals surface area contributed by atoms with E-state index in [1.807, 2.05) is 37.3 Å². The smallest absolute Gasteiger partial charge is 0.259 e. The molecule has 0 spiro atoms. The van der Waals surface area contributed by atoms with Crippen molar-refractivity contribution < 1.29 is 9.32 Å². The highest BCUT2D eigenvalue weighted by Crippen LogP contribution is 2.28. The van der Waals surface area contributed by atoms with Gasteiger partial charge in [-0.2, -0.15) is 0 Å². The summed E-state index contributed by atoms with van der Waals surface area (Å²) in [4.78, 5) is 22.5. The van der Waals surface area contributed by atoms with Crippen molar-refractivity contribution in [2.45, 2.75) is 13.8 Å². The molecule has 0 atom stereocenters. The van der Waals surface area contributed by atoms with Gasteiger partial charge in [0.15, 0.2) is 5.13 Å². The van der Waals surface area contributed by atoms with Gasteiger partial charge >= 0.3 is 0 Å². The van der Waals surface area contributed by atoms with Crippen molar-refractivity contribution in [3.05, 3.63) is 58.7 Å². The molecule has 124 valence electrons. The van der Waals surface area contributed by atoms with E-state index < -0.39 is 0 Å². The molecule has 6 nitrogen and oxygen atoms in total. The normalized spacial score (nSPS) is 11.0. The lowest BCUT2D eigenvalue weighted by atomic mass is 10.1. The quantitative estimate of drug-likeness (QED) is 0.598. The number of benzene rings is 1. The molecule has 0 aliphatic rings. The van der Waals surface area contributed by atoms with Crippen LogP contribution in [-0.4, -0.2) is 21.0 Å². The summed E-state index contributed by atoms with van der Waals surface area (Å²) in [5.41, 5.74) is 3.00. The van der Waals surface area contributed by atoms with Gasteiger partial charge in [0.2, 0.25) is 0 Å². The van der Waals surface area contributed by atoms with Crippen molar-refractivity contribution in [1.29, 1.82) is 0 Å². The van der Waals surface area contributed by atoms with Gasteiger partial charge in [0.05, 0.1) is 22.3 Å². The van der Waals surface area contributed by atoms with Gasteiger partial charge in [-0.3, -0.25) is 10.1 Å². The minimum Gasteiger partial charge on any atom is -0.335 e. The highest BCUT2D eigenvalue weighted by atomic mass is 32.1. The molecule has 7 heteroatoms. The van der Waals surface area contributed by atoms with E-state index in [1.54, 1.807) is 19.2 Å². The summed E-state index contributed by atoms with van der Waals surface area (Å²) in [6, 6.07) is 11.4. The van der Waals surface area contributed by atoms with Crippen LogP contribution in [0.1, 0.15) is 20.9 Å². The number of aromatic nitrogens is 3. The zero-order valence-corrected chi connectivity index (χ0v) is 14.4. The number of rotatable bonds is 3. The zero-order chi connectivity index (χ0) is 17.4. The van der Waals surface area contributed by atoms with Crippen LogP contribution in [0, 0.1) is 13.8 Å². The van der Waals surface area contributed by atoms with E-state index in [2.05, 4.69) is 20.4 Å². The maximum Gasteiger partial charge on any atom is 0.259 e. The van der Waals surface area contributed by atoms with Gasteiger partial charge < -0.3 is 4.52 Å². The summed E-state index contributed by atoms with van der Waals surface area (Å²) in [6.07, 6.45) is 1.72. The van der Waals surface area contributed by atoms with Crippen molar-refractivity contribution in [1.82, 2.24) is 15.1 Å². The first-order chi connectivity index (χ1) is 12.1. The van der Waals surface area contributed by atoms with E-state index in [1.165, 1.54) is 11.3 Å². The minimum absolute atomic E-state index is 0.259. The summed E-state index contributed by atoms with van der Waals surface area (Å²) < 4.78 is 5.30. The SMILES string of the molecule is Cc1cnc(NC(=O)c2cc(-c3ccccc3)nc3onc(C)c23)s1. The highest BCUT2D eigenvalue weighted by Gasteiger charge is 2.20. The molecular weight excluding hydrogens is 336 g/mol. The van der Waals surface area contributed by atoms with Gasteiger partial charge in [-0.1, -0.05) is 35.5 Å². The molecule has 4 rings (SSSR count). The fraction of sp³-hybridized carbons (Fsp3) is 0.111. The fourth-order valence-corrected chi connectivity index (χ4v) is 3.27. The van der Waals surface area contributed by atoms with Crippen LogP contribution >= 0.6 is 11.3 Å². The van der Waals surface area contributed by atoms with Gasteiger partial charge in [-0.25, -0.2) is 9.97 Å². The molecule has 0 unspecified atom stereocenters. The molecule has 0 saturated heterocycles. The Balaban J connectivity index is 1.83. The maximum absolute atomic E-state index is 12.8. The number of thiazole rings is 1. The largest absolute Gasteiger partial charge is 0.335 e. The van der Waals surface area contributed by atoms with Crippen molar-refractivity contribution in [3.8, 4) is 11.3 Å². The van der Waals surface area contributed by atoms with E-state index in [0.29, 0.717) is 33.2 Å². The van der Waals surface area contributed by atoms with Crippen LogP contribution in [0.2, 0.25) is 0 Å². The molecule has 1 N–H and O–H groups in total. The van der Waals surface area contributed by atoms with E-state index in [4.69, 9.17) is 4.52 Å². The second kappa shape index (κ2) is 6.10. The van der Waals surface area contributed by atoms with Crippen LogP contribution in [0.5, 0.6) is 0 Å². The molecule has 0 aliphatic carbocycles. The zero-order valence-electron chi connectivity index (χ0n) is 13.6. The topological polar surface area (TPSA) is 80.9 Å². The highest BCUT2D eigenvalue weighted by molar-refractivity contribution is 7.15. The summed E-state index contributed by atoms with van der Waals surface area (Å²) in [6.45, 7) is 3.73. The first-order valence-corrected chi connectivity index (χ1v) is 8.49. The molecule has 3 heterocycles. The first kappa shape index (κ1) is 15.5. The number of anilines is 1. The van der Waals surface area contributed by atoms with E-state index in [0.717, 1.165) is 10.4 Å². The molecule has 0 aliphatic heterocycles. The van der Waals surface area contributed by atoms with Gasteiger partial charge in [0.25, 0.3) is 11.6 Å². The predicted octanol–water partition coefficient (Wildman–Crippen LogP) is 4.22. The summed E-state index contributed by atoms with van der Waals surface area (Å²) in [5, 5.41) is 7.97. The fourth-order valence-electron chi connectivity index (χ4n) is 2.61. The van der Waals surface area contributed by atoms with Crippen LogP contribution in [0.3, 0.4) is 0 Å². The Morgan fingerprint density at radius 1 is 1.20 bits per heavy atom. The van der Waals surface area contributed by atoms with Crippen LogP contribution in [-0.2, 0) is 0 Å². The second-order valence-corrected chi connectivity index (χ2v) is 6.83. The Bertz CT molecular complexity index is 1070. The number of hydrogen-bond acceptors (Lipinski definition) is 6. The third-order valence-corrected chi connectivity index (χ3v) is 4.60. The first-order valence-electron chi connectivity index (χ1n) is 7.68. The van der Waals surface area contributed by atoms with Crippen molar-refractivity contribution in [2.75, 3.05) is 5.32 Å². The molecular formula is C18H14N4O2S. The lowest BCUT2D eigenvalue weighted by Crippen LogP contribution is -2.13. The number of pyridine rings is 1. The van der Waals surface area contributed by atoms with E-state index in [-0.39, 0.29) is 5.91 Å². The van der Waals surface area contributed by atoms with Crippen molar-refractivity contribution in [3.63, 3.8) is 0 Å². The summed E-state index contributed by atoms with van der Waals surface area (Å²) >= 11 is 1.43. The Hall–Kier alpha value is -3.06. The number of carbonyl (C=O) groups excluding carboxylic acids is 1. The summed E-state index contributed by atoms with van der Waals surface area (Å²) in [7, 11) is 0. The minimum atomic E-state index is -0.259. The van der Waals surface area contributed by atoms with Crippen molar-refractivity contribution in [2.24, 2.45) is 0 Å². The van der Waals surface area contributed by atoms with Crippen molar-refractivity contribution >= 4 is 33.5 Å². The standard InChI is InChI=1S/C18H14N4O2S/c1-10-9-19-18(25-10)21-16(23)13-8-14(12-6-4-3-5-7-12)20-17-15(13)11(2)22-24-17/h3-9H,1-2H3,(H,19,21,23). The molecule has 0 fully saturated rings. The number of aryl methyl sites for hydroxylation is 2. The third kappa shape index (κ3) is 2.89. The van der Waals surface area contributed by atoms with Gasteiger partial charge in [-0.05, 0) is 19.9 Å². The van der Waals surface area contributed by atoms with E-state index >= 15 is 0 Å². The van der Waals surface area contributed by atoms with Crippen LogP contribution in [0.4, 0.5) is 5.13 Å². The number of fused-ring (bicyclic) bond motifs is 1. The molecule has 0 saturated carbocycles. The number of carbonyl (C=O) groups is 1. The molecule has 3 aromatic heterocycles. The molecule has 25 heavy (non-hydrogen) atoms. The number of amides is 1. The monoisotopic (exact) mass is 350 g/mol. The number of nitrogens with one attached hydrogen (secondary N) is 1. The van der Waals surface area contributed by atoms with Gasteiger partial charge in [0.1, 0.15) is 0 Å². The lowest BCUT2D eigenvalue weighted by molar-refractivity contribution is 0.102. The van der Waals surface area contributed by atoms with E-state index in [9.17, 15) is 4.79 Å². The van der Waals surface area contributed by atoms with Gasteiger partial charge in [0, 0.05) is 16.6 Å². The molecule has 0 bridgehead atoms. The van der Waals surface area contributed by atoms with Crippen LogP contribution in [0.25, 0.3) is 22.4 Å². The predicted molar refractivity (Wildman–Crippen MR) is 96.8 cm³/mol. The third-order valence-electron chi connectivity index (χ3n) is 3.77. The Labute approximate surface area is 147 Å². The Kier molecular flexibility index (Phi) is 3.77. The number of hydrogen-bond donors (Lipinski definition) is 1. The van der Waals surface area contributed by atoms with Crippen LogP contribution < -0.4 is 5.32 Å². The Morgan fingerprint density at radius 2 is 2.00 bits per heavy atom.